The van der Waals surface area contributed by atoms with Crippen molar-refractivity contribution in [2.45, 2.75) is 39.5 Å². The van der Waals surface area contributed by atoms with Gasteiger partial charge in [0.15, 0.2) is 0 Å². The molecule has 2 aromatic carbocycles. The van der Waals surface area contributed by atoms with Gasteiger partial charge >= 0.3 is 5.97 Å². The highest BCUT2D eigenvalue weighted by molar-refractivity contribution is 6.22. The first-order valence-corrected chi connectivity index (χ1v) is 11.6. The molecule has 1 aliphatic heterocycles. The van der Waals surface area contributed by atoms with E-state index in [4.69, 9.17) is 4.74 Å². The summed E-state index contributed by atoms with van der Waals surface area (Å²) in [5, 5.41) is 2.78. The molecule has 1 saturated heterocycles. The number of unbranched alkanes of at least 4 members (excludes halogenated alkanes) is 1. The van der Waals surface area contributed by atoms with Gasteiger partial charge in [-0.3, -0.25) is 19.3 Å². The number of allylic oxidation sites excluding steroid dienone is 2. The molecule has 7 heteroatoms. The SMILES string of the molecule is CCCCOC(=O)c1ccc(NC(=O)c2ccc(N3C(=O)[C@H]4CC(C)=CC[C@H]4C3=O)cc2)cc1. The highest BCUT2D eigenvalue weighted by Gasteiger charge is 2.48. The zero-order valence-electron chi connectivity index (χ0n) is 19.4. The number of carbonyl (C=O) groups is 4. The summed E-state index contributed by atoms with van der Waals surface area (Å²) in [6.45, 7) is 4.39. The van der Waals surface area contributed by atoms with Gasteiger partial charge in [-0.15, -0.1) is 0 Å². The summed E-state index contributed by atoms with van der Waals surface area (Å²) in [5.74, 6) is -1.67. The molecule has 0 unspecified atom stereocenters. The van der Waals surface area contributed by atoms with E-state index in [0.29, 0.717) is 42.0 Å². The molecule has 0 spiro atoms. The number of carbonyl (C=O) groups excluding carboxylic acids is 4. The maximum absolute atomic E-state index is 12.9. The average Bonchev–Trinajstić information content (AvgIpc) is 3.08. The van der Waals surface area contributed by atoms with Gasteiger partial charge in [-0.05, 0) is 74.7 Å². The van der Waals surface area contributed by atoms with Gasteiger partial charge in [-0.1, -0.05) is 25.0 Å². The van der Waals surface area contributed by atoms with Crippen LogP contribution in [0.1, 0.15) is 60.2 Å². The summed E-state index contributed by atoms with van der Waals surface area (Å²) in [4.78, 5) is 51.6. The third-order valence-corrected chi connectivity index (χ3v) is 6.32. The molecule has 1 fully saturated rings. The number of amides is 3. The molecule has 7 nitrogen and oxygen atoms in total. The van der Waals surface area contributed by atoms with Gasteiger partial charge in [-0.2, -0.15) is 0 Å². The second kappa shape index (κ2) is 10.0. The van der Waals surface area contributed by atoms with Gasteiger partial charge in [0.05, 0.1) is 29.7 Å². The topological polar surface area (TPSA) is 92.8 Å². The number of esters is 1. The molecule has 1 N–H and O–H groups in total. The lowest BCUT2D eigenvalue weighted by Gasteiger charge is -2.18. The Morgan fingerprint density at radius 1 is 0.971 bits per heavy atom. The van der Waals surface area contributed by atoms with Crippen LogP contribution in [0.4, 0.5) is 11.4 Å². The average molecular weight is 461 g/mol. The van der Waals surface area contributed by atoms with Crippen LogP contribution in [0.5, 0.6) is 0 Å². The third-order valence-electron chi connectivity index (χ3n) is 6.32. The first kappa shape index (κ1) is 23.4. The van der Waals surface area contributed by atoms with Crippen molar-refractivity contribution in [3.63, 3.8) is 0 Å². The molecule has 176 valence electrons. The van der Waals surface area contributed by atoms with Crippen LogP contribution in [0.15, 0.2) is 60.2 Å². The molecule has 0 radical (unpaired) electrons. The smallest absolute Gasteiger partial charge is 0.338 e. The number of ether oxygens (including phenoxy) is 1. The van der Waals surface area contributed by atoms with Crippen LogP contribution in [0, 0.1) is 11.8 Å². The summed E-state index contributed by atoms with van der Waals surface area (Å²) in [6.07, 6.45) is 5.00. The summed E-state index contributed by atoms with van der Waals surface area (Å²) in [7, 11) is 0. The Balaban J connectivity index is 1.39. The van der Waals surface area contributed by atoms with Crippen molar-refractivity contribution >= 4 is 35.1 Å². The zero-order valence-corrected chi connectivity index (χ0v) is 19.4. The van der Waals surface area contributed by atoms with Gasteiger partial charge in [0.1, 0.15) is 0 Å². The largest absolute Gasteiger partial charge is 0.462 e. The Labute approximate surface area is 198 Å². The van der Waals surface area contributed by atoms with Gasteiger partial charge in [0.2, 0.25) is 11.8 Å². The van der Waals surface area contributed by atoms with E-state index in [-0.39, 0.29) is 29.6 Å². The minimum Gasteiger partial charge on any atom is -0.462 e. The van der Waals surface area contributed by atoms with E-state index in [1.807, 2.05) is 19.9 Å². The highest BCUT2D eigenvalue weighted by Crippen LogP contribution is 2.39. The molecule has 3 amide bonds. The monoisotopic (exact) mass is 460 g/mol. The van der Waals surface area contributed by atoms with Crippen LogP contribution in [0.3, 0.4) is 0 Å². The van der Waals surface area contributed by atoms with E-state index in [9.17, 15) is 19.2 Å². The lowest BCUT2D eigenvalue weighted by molar-refractivity contribution is -0.122. The van der Waals surface area contributed by atoms with Crippen molar-refractivity contribution in [2.75, 3.05) is 16.8 Å². The van der Waals surface area contributed by atoms with Crippen LogP contribution < -0.4 is 10.2 Å². The van der Waals surface area contributed by atoms with Crippen molar-refractivity contribution in [2.24, 2.45) is 11.8 Å². The van der Waals surface area contributed by atoms with E-state index in [1.54, 1.807) is 48.5 Å². The minimum atomic E-state index is -0.390. The Morgan fingerprint density at radius 2 is 1.62 bits per heavy atom. The predicted octanol–water partition coefficient (Wildman–Crippen LogP) is 4.74. The van der Waals surface area contributed by atoms with Gasteiger partial charge in [0, 0.05) is 11.3 Å². The number of benzene rings is 2. The van der Waals surface area contributed by atoms with Crippen LogP contribution in [-0.2, 0) is 14.3 Å². The molecule has 4 rings (SSSR count). The van der Waals surface area contributed by atoms with Gasteiger partial charge in [0.25, 0.3) is 5.91 Å². The van der Waals surface area contributed by atoms with Gasteiger partial charge in [-0.25, -0.2) is 4.79 Å². The van der Waals surface area contributed by atoms with E-state index in [2.05, 4.69) is 5.32 Å². The molecular weight excluding hydrogens is 432 g/mol. The maximum Gasteiger partial charge on any atom is 0.338 e. The quantitative estimate of drug-likeness (QED) is 0.279. The molecule has 0 saturated carbocycles. The first-order chi connectivity index (χ1) is 16.4. The van der Waals surface area contributed by atoms with Crippen LogP contribution in [0.2, 0.25) is 0 Å². The third kappa shape index (κ3) is 4.78. The van der Waals surface area contributed by atoms with Crippen molar-refractivity contribution in [3.8, 4) is 0 Å². The Kier molecular flexibility index (Phi) is 6.91. The van der Waals surface area contributed by atoms with E-state index in [1.165, 1.54) is 4.90 Å². The van der Waals surface area contributed by atoms with Crippen LogP contribution >= 0.6 is 0 Å². The number of anilines is 2. The maximum atomic E-state index is 12.9. The standard InChI is InChI=1S/C27H28N2O5/c1-3-4-15-34-27(33)19-6-10-20(11-7-19)28-24(30)18-8-12-21(13-9-18)29-25(31)22-14-5-17(2)16-23(22)26(29)32/h5-13,22-23H,3-4,14-16H2,1-2H3,(H,28,30)/t22-,23+/m1/s1. The summed E-state index contributed by atoms with van der Waals surface area (Å²) in [5.41, 5.74) is 2.96. The Morgan fingerprint density at radius 3 is 2.29 bits per heavy atom. The Bertz CT molecular complexity index is 1130. The molecule has 0 aromatic heterocycles. The second-order valence-electron chi connectivity index (χ2n) is 8.78. The molecule has 1 heterocycles. The second-order valence-corrected chi connectivity index (χ2v) is 8.78. The van der Waals surface area contributed by atoms with Crippen LogP contribution in [0.25, 0.3) is 0 Å². The first-order valence-electron chi connectivity index (χ1n) is 11.6. The van der Waals surface area contributed by atoms with Gasteiger partial charge < -0.3 is 10.1 Å². The highest BCUT2D eigenvalue weighted by atomic mass is 16.5. The number of fused-ring (bicyclic) bond motifs is 1. The minimum absolute atomic E-state index is 0.173. The number of hydrogen-bond acceptors (Lipinski definition) is 5. The lowest BCUT2D eigenvalue weighted by atomic mass is 9.82. The molecule has 1 aliphatic carbocycles. The van der Waals surface area contributed by atoms with Crippen molar-refractivity contribution in [1.29, 1.82) is 0 Å². The van der Waals surface area contributed by atoms with E-state index in [0.717, 1.165) is 18.4 Å². The van der Waals surface area contributed by atoms with E-state index < -0.39 is 5.97 Å². The molecule has 2 aliphatic rings. The van der Waals surface area contributed by atoms with Crippen molar-refractivity contribution in [3.05, 3.63) is 71.3 Å². The van der Waals surface area contributed by atoms with Crippen LogP contribution in [-0.4, -0.2) is 30.3 Å². The fourth-order valence-corrected chi connectivity index (χ4v) is 4.34. The van der Waals surface area contributed by atoms with E-state index >= 15 is 0 Å². The molecule has 2 aromatic rings. The fraction of sp³-hybridized carbons (Fsp3) is 0.333. The summed E-state index contributed by atoms with van der Waals surface area (Å²) < 4.78 is 5.18. The molecule has 34 heavy (non-hydrogen) atoms. The predicted molar refractivity (Wildman–Crippen MR) is 128 cm³/mol. The summed E-state index contributed by atoms with van der Waals surface area (Å²) >= 11 is 0. The molecule has 2 atom stereocenters. The molecule has 0 bridgehead atoms. The zero-order chi connectivity index (χ0) is 24.2. The fourth-order valence-electron chi connectivity index (χ4n) is 4.34. The number of nitrogens with zero attached hydrogens (tertiary/aromatic N) is 1. The van der Waals surface area contributed by atoms with Crippen molar-refractivity contribution in [1.82, 2.24) is 0 Å². The summed E-state index contributed by atoms with van der Waals surface area (Å²) in [6, 6.07) is 12.9. The normalized spacial score (nSPS) is 19.5. The Hall–Kier alpha value is -3.74. The number of nitrogens with one attached hydrogen (secondary N) is 1. The number of rotatable bonds is 7. The number of hydrogen-bond donors (Lipinski definition) is 1. The lowest BCUT2D eigenvalue weighted by Crippen LogP contribution is -2.30. The number of imide groups is 1. The van der Waals surface area contributed by atoms with Crippen molar-refractivity contribution < 1.29 is 23.9 Å². The molecular formula is C27H28N2O5.